The zero-order valence-corrected chi connectivity index (χ0v) is 17.0. The molecule has 0 bridgehead atoms. The minimum absolute atomic E-state index is 0.148. The second-order valence-corrected chi connectivity index (χ2v) is 6.86. The summed E-state index contributed by atoms with van der Waals surface area (Å²) in [6, 6.07) is 8.60. The molecule has 0 heterocycles. The van der Waals surface area contributed by atoms with Gasteiger partial charge in [-0.3, -0.25) is 4.79 Å². The number of nitrogens with one attached hydrogen (secondary N) is 1. The summed E-state index contributed by atoms with van der Waals surface area (Å²) in [6.45, 7) is 3.98. The van der Waals surface area contributed by atoms with E-state index in [-0.39, 0.29) is 24.0 Å². The molecule has 0 fully saturated rings. The average Bonchev–Trinajstić information content (AvgIpc) is 3.10. The summed E-state index contributed by atoms with van der Waals surface area (Å²) in [4.78, 5) is 22.7. The molecule has 2 aromatic rings. The van der Waals surface area contributed by atoms with E-state index in [4.69, 9.17) is 9.68 Å². The Labute approximate surface area is 169 Å². The van der Waals surface area contributed by atoms with Gasteiger partial charge in [0.15, 0.2) is 5.71 Å². The van der Waals surface area contributed by atoms with Crippen molar-refractivity contribution in [3.63, 3.8) is 0 Å². The standard InChI is InChI=1S/C22H24FN3O3/c1-13-6-5-7-17(21(26-28-4)22(27)24-3)19(13)12-29-25-20-9-8-16-14(2)10-15(23)11-18(16)20/h5-7,10-11H,8-9,12H2,1-4H3,(H,24,27)/b25-20+,26-21+. The van der Waals surface area contributed by atoms with E-state index in [1.807, 2.05) is 26.0 Å². The lowest BCUT2D eigenvalue weighted by atomic mass is 9.98. The molecule has 7 heteroatoms. The largest absolute Gasteiger partial charge is 0.398 e. The summed E-state index contributed by atoms with van der Waals surface area (Å²) in [5, 5.41) is 10.7. The highest BCUT2D eigenvalue weighted by atomic mass is 19.1. The lowest BCUT2D eigenvalue weighted by molar-refractivity contribution is -0.114. The van der Waals surface area contributed by atoms with E-state index in [1.54, 1.807) is 6.07 Å². The first kappa shape index (κ1) is 20.5. The zero-order chi connectivity index (χ0) is 21.0. The number of amides is 1. The molecule has 0 saturated carbocycles. The summed E-state index contributed by atoms with van der Waals surface area (Å²) in [7, 11) is 2.92. The fourth-order valence-electron chi connectivity index (χ4n) is 3.55. The molecule has 0 radical (unpaired) electrons. The summed E-state index contributed by atoms with van der Waals surface area (Å²) in [6.07, 6.45) is 1.52. The number of hydrogen-bond donors (Lipinski definition) is 1. The number of aryl methyl sites for hydroxylation is 2. The number of fused-ring (bicyclic) bond motifs is 1. The molecule has 2 aromatic carbocycles. The van der Waals surface area contributed by atoms with Crippen LogP contribution in [0.25, 0.3) is 0 Å². The normalized spacial score (nSPS) is 14.7. The molecule has 1 amide bonds. The van der Waals surface area contributed by atoms with Crippen LogP contribution in [0.4, 0.5) is 4.39 Å². The topological polar surface area (TPSA) is 72.3 Å². The van der Waals surface area contributed by atoms with Crippen LogP contribution in [0.1, 0.15) is 39.8 Å². The molecule has 1 aliphatic rings. The maximum absolute atomic E-state index is 13.8. The molecule has 1 aliphatic carbocycles. The molecule has 0 atom stereocenters. The van der Waals surface area contributed by atoms with Crippen molar-refractivity contribution in [1.82, 2.24) is 5.32 Å². The highest BCUT2D eigenvalue weighted by Crippen LogP contribution is 2.27. The summed E-state index contributed by atoms with van der Waals surface area (Å²) >= 11 is 0. The Morgan fingerprint density at radius 1 is 1.21 bits per heavy atom. The van der Waals surface area contributed by atoms with Crippen molar-refractivity contribution in [2.45, 2.75) is 33.3 Å². The number of nitrogens with zero attached hydrogens (tertiary/aromatic N) is 2. The predicted octanol–water partition coefficient (Wildman–Crippen LogP) is 3.41. The van der Waals surface area contributed by atoms with Gasteiger partial charge in [0.2, 0.25) is 0 Å². The predicted molar refractivity (Wildman–Crippen MR) is 110 cm³/mol. The fraction of sp³-hybridized carbons (Fsp3) is 0.318. The highest BCUT2D eigenvalue weighted by molar-refractivity contribution is 6.45. The molecular formula is C22H24FN3O3. The van der Waals surface area contributed by atoms with Gasteiger partial charge in [-0.15, -0.1) is 0 Å². The van der Waals surface area contributed by atoms with Gasteiger partial charge in [-0.05, 0) is 55.5 Å². The van der Waals surface area contributed by atoms with Crippen LogP contribution in [0, 0.1) is 19.7 Å². The van der Waals surface area contributed by atoms with Crippen molar-refractivity contribution in [3.8, 4) is 0 Å². The van der Waals surface area contributed by atoms with Crippen LogP contribution in [-0.4, -0.2) is 31.5 Å². The number of hydrogen-bond acceptors (Lipinski definition) is 5. The highest BCUT2D eigenvalue weighted by Gasteiger charge is 2.22. The second-order valence-electron chi connectivity index (χ2n) is 6.86. The smallest absolute Gasteiger partial charge is 0.273 e. The number of halogens is 1. The second kappa shape index (κ2) is 8.86. The minimum Gasteiger partial charge on any atom is -0.398 e. The van der Waals surface area contributed by atoms with Crippen LogP contribution >= 0.6 is 0 Å². The van der Waals surface area contributed by atoms with Gasteiger partial charge in [0.1, 0.15) is 19.5 Å². The molecule has 6 nitrogen and oxygen atoms in total. The molecule has 0 aromatic heterocycles. The van der Waals surface area contributed by atoms with Gasteiger partial charge in [-0.1, -0.05) is 28.5 Å². The molecule has 1 N–H and O–H groups in total. The quantitative estimate of drug-likeness (QED) is 0.600. The Hall–Kier alpha value is -3.22. The van der Waals surface area contributed by atoms with Crippen molar-refractivity contribution >= 4 is 17.3 Å². The Bertz CT molecular complexity index is 999. The molecule has 29 heavy (non-hydrogen) atoms. The molecule has 152 valence electrons. The van der Waals surface area contributed by atoms with Crippen LogP contribution < -0.4 is 5.32 Å². The van der Waals surface area contributed by atoms with E-state index in [9.17, 15) is 9.18 Å². The van der Waals surface area contributed by atoms with Crippen LogP contribution in [-0.2, 0) is 27.5 Å². The van der Waals surface area contributed by atoms with Gasteiger partial charge in [-0.2, -0.15) is 0 Å². The van der Waals surface area contributed by atoms with E-state index in [2.05, 4.69) is 15.6 Å². The van der Waals surface area contributed by atoms with Crippen molar-refractivity contribution in [2.24, 2.45) is 10.3 Å². The molecule has 0 unspecified atom stereocenters. The van der Waals surface area contributed by atoms with E-state index in [1.165, 1.54) is 26.3 Å². The first-order valence-corrected chi connectivity index (χ1v) is 9.36. The van der Waals surface area contributed by atoms with Crippen LogP contribution in [0.2, 0.25) is 0 Å². The van der Waals surface area contributed by atoms with Crippen LogP contribution in [0.5, 0.6) is 0 Å². The first-order chi connectivity index (χ1) is 14.0. The summed E-state index contributed by atoms with van der Waals surface area (Å²) < 4.78 is 13.8. The van der Waals surface area contributed by atoms with E-state index in [0.717, 1.165) is 39.9 Å². The Kier molecular flexibility index (Phi) is 6.26. The monoisotopic (exact) mass is 397 g/mol. The van der Waals surface area contributed by atoms with Gasteiger partial charge >= 0.3 is 0 Å². The fourth-order valence-corrected chi connectivity index (χ4v) is 3.55. The third-order valence-corrected chi connectivity index (χ3v) is 5.03. The maximum atomic E-state index is 13.8. The lowest BCUT2D eigenvalue weighted by Crippen LogP contribution is -2.29. The number of likely N-dealkylation sites (N-methyl/N-ethyl adjacent to an activating group) is 1. The van der Waals surface area contributed by atoms with Gasteiger partial charge in [0.25, 0.3) is 5.91 Å². The van der Waals surface area contributed by atoms with E-state index in [0.29, 0.717) is 12.0 Å². The number of carbonyl (C=O) groups is 1. The first-order valence-electron chi connectivity index (χ1n) is 9.36. The van der Waals surface area contributed by atoms with E-state index < -0.39 is 0 Å². The number of benzene rings is 2. The van der Waals surface area contributed by atoms with Crippen LogP contribution in [0.3, 0.4) is 0 Å². The number of oxime groups is 2. The van der Waals surface area contributed by atoms with E-state index >= 15 is 0 Å². The van der Waals surface area contributed by atoms with Crippen molar-refractivity contribution in [3.05, 3.63) is 69.5 Å². The van der Waals surface area contributed by atoms with Gasteiger partial charge in [-0.25, -0.2) is 4.39 Å². The SMILES string of the molecule is CNC(=O)/C(=N/OC)c1cccc(C)c1CO/N=C1\CCc2c(C)cc(F)cc21. The lowest BCUT2D eigenvalue weighted by Gasteiger charge is -2.13. The summed E-state index contributed by atoms with van der Waals surface area (Å²) in [5.74, 6) is -0.635. The van der Waals surface area contributed by atoms with Crippen LogP contribution in [0.15, 0.2) is 40.6 Å². The molecular weight excluding hydrogens is 373 g/mol. The summed E-state index contributed by atoms with van der Waals surface area (Å²) in [5.41, 5.74) is 6.06. The molecule has 0 aliphatic heterocycles. The van der Waals surface area contributed by atoms with Gasteiger partial charge < -0.3 is 15.0 Å². The van der Waals surface area contributed by atoms with Crippen molar-refractivity contribution < 1.29 is 18.9 Å². The number of rotatable bonds is 6. The minimum atomic E-state index is -0.360. The van der Waals surface area contributed by atoms with Gasteiger partial charge in [0, 0.05) is 23.7 Å². The zero-order valence-electron chi connectivity index (χ0n) is 17.0. The maximum Gasteiger partial charge on any atom is 0.273 e. The Morgan fingerprint density at radius 3 is 2.72 bits per heavy atom. The average molecular weight is 397 g/mol. The third-order valence-electron chi connectivity index (χ3n) is 5.03. The van der Waals surface area contributed by atoms with Crippen molar-refractivity contribution in [2.75, 3.05) is 14.2 Å². The third kappa shape index (κ3) is 4.29. The van der Waals surface area contributed by atoms with Gasteiger partial charge in [0.05, 0.1) is 5.71 Å². The molecule has 0 spiro atoms. The molecule has 3 rings (SSSR count). The Morgan fingerprint density at radius 2 is 2.00 bits per heavy atom. The number of carbonyl (C=O) groups excluding carboxylic acids is 1. The molecule has 0 saturated heterocycles. The van der Waals surface area contributed by atoms with Crippen molar-refractivity contribution in [1.29, 1.82) is 0 Å². The Balaban J connectivity index is 1.87.